The molecular weight excluding hydrogens is 258 g/mol. The Hall–Kier alpha value is -0.680. The predicted molar refractivity (Wildman–Crippen MR) is 61.8 cm³/mol. The zero-order valence-corrected chi connectivity index (χ0v) is 10.0. The third-order valence-corrected chi connectivity index (χ3v) is 2.89. The highest BCUT2D eigenvalue weighted by atomic mass is 79.9. The molecule has 5 heteroatoms. The SMILES string of the molecule is Brc1cc(NCC2CCCOC2)ncn1. The molecule has 0 radical (unpaired) electrons. The van der Waals surface area contributed by atoms with E-state index in [-0.39, 0.29) is 0 Å². The van der Waals surface area contributed by atoms with Crippen LogP contribution in [0.2, 0.25) is 0 Å². The minimum atomic E-state index is 0.604. The maximum absolute atomic E-state index is 5.41. The number of anilines is 1. The van der Waals surface area contributed by atoms with E-state index >= 15 is 0 Å². The molecule has 15 heavy (non-hydrogen) atoms. The van der Waals surface area contributed by atoms with E-state index in [9.17, 15) is 0 Å². The van der Waals surface area contributed by atoms with Gasteiger partial charge in [-0.2, -0.15) is 0 Å². The van der Waals surface area contributed by atoms with Crippen LogP contribution in [0.15, 0.2) is 17.0 Å². The number of hydrogen-bond acceptors (Lipinski definition) is 4. The molecule has 4 nitrogen and oxygen atoms in total. The van der Waals surface area contributed by atoms with Gasteiger partial charge in [-0.15, -0.1) is 0 Å². The van der Waals surface area contributed by atoms with E-state index in [1.807, 2.05) is 6.07 Å². The first kappa shape index (κ1) is 10.8. The number of nitrogens with zero attached hydrogens (tertiary/aromatic N) is 2. The summed E-state index contributed by atoms with van der Waals surface area (Å²) in [6.07, 6.45) is 3.95. The first-order valence-electron chi connectivity index (χ1n) is 5.14. The zero-order valence-electron chi connectivity index (χ0n) is 8.45. The van der Waals surface area contributed by atoms with Gasteiger partial charge in [0.05, 0.1) is 6.61 Å². The van der Waals surface area contributed by atoms with Crippen molar-refractivity contribution in [3.8, 4) is 0 Å². The molecular formula is C10H14BrN3O. The van der Waals surface area contributed by atoms with Crippen molar-refractivity contribution in [2.45, 2.75) is 12.8 Å². The average molecular weight is 272 g/mol. The zero-order chi connectivity index (χ0) is 10.5. The highest BCUT2D eigenvalue weighted by molar-refractivity contribution is 9.10. The molecule has 0 spiro atoms. The monoisotopic (exact) mass is 271 g/mol. The third kappa shape index (κ3) is 3.43. The van der Waals surface area contributed by atoms with Crippen molar-refractivity contribution in [2.24, 2.45) is 5.92 Å². The van der Waals surface area contributed by atoms with Gasteiger partial charge in [0.15, 0.2) is 0 Å². The maximum atomic E-state index is 5.41. The first-order valence-corrected chi connectivity index (χ1v) is 5.93. The molecule has 2 heterocycles. The second-order valence-electron chi connectivity index (χ2n) is 3.69. The highest BCUT2D eigenvalue weighted by Gasteiger charge is 2.13. The Bertz CT molecular complexity index is 315. The average Bonchev–Trinajstić information content (AvgIpc) is 2.28. The quantitative estimate of drug-likeness (QED) is 0.856. The minimum absolute atomic E-state index is 0.604. The molecule has 2 rings (SSSR count). The lowest BCUT2D eigenvalue weighted by atomic mass is 10.0. The molecule has 0 bridgehead atoms. The standard InChI is InChI=1S/C10H14BrN3O/c11-9-4-10(14-7-13-9)12-5-8-2-1-3-15-6-8/h4,7-8H,1-3,5-6H2,(H,12,13,14). The first-order chi connectivity index (χ1) is 7.34. The number of ether oxygens (including phenoxy) is 1. The van der Waals surface area contributed by atoms with Crippen molar-refractivity contribution in [1.29, 1.82) is 0 Å². The van der Waals surface area contributed by atoms with Crippen LogP contribution in [0.3, 0.4) is 0 Å². The minimum Gasteiger partial charge on any atom is -0.381 e. The van der Waals surface area contributed by atoms with E-state index in [0.29, 0.717) is 5.92 Å². The largest absolute Gasteiger partial charge is 0.381 e. The fraction of sp³-hybridized carbons (Fsp3) is 0.600. The summed E-state index contributed by atoms with van der Waals surface area (Å²) in [5.74, 6) is 1.47. The van der Waals surface area contributed by atoms with Gasteiger partial charge in [-0.3, -0.25) is 0 Å². The van der Waals surface area contributed by atoms with E-state index < -0.39 is 0 Å². The van der Waals surface area contributed by atoms with Crippen molar-refractivity contribution in [3.63, 3.8) is 0 Å². The van der Waals surface area contributed by atoms with Gasteiger partial charge in [-0.25, -0.2) is 9.97 Å². The Morgan fingerprint density at radius 1 is 1.53 bits per heavy atom. The molecule has 0 aliphatic carbocycles. The Labute approximate surface area is 97.6 Å². The molecule has 0 saturated carbocycles. The summed E-state index contributed by atoms with van der Waals surface area (Å²) in [5, 5.41) is 3.29. The van der Waals surface area contributed by atoms with E-state index in [1.54, 1.807) is 6.33 Å². The van der Waals surface area contributed by atoms with Crippen molar-refractivity contribution in [2.75, 3.05) is 25.1 Å². The lowest BCUT2D eigenvalue weighted by molar-refractivity contribution is 0.0595. The smallest absolute Gasteiger partial charge is 0.130 e. The Morgan fingerprint density at radius 2 is 2.47 bits per heavy atom. The molecule has 0 amide bonds. The highest BCUT2D eigenvalue weighted by Crippen LogP contribution is 2.15. The van der Waals surface area contributed by atoms with Crippen molar-refractivity contribution in [3.05, 3.63) is 17.0 Å². The van der Waals surface area contributed by atoms with Gasteiger partial charge >= 0.3 is 0 Å². The third-order valence-electron chi connectivity index (χ3n) is 2.46. The Balaban J connectivity index is 1.81. The van der Waals surface area contributed by atoms with Crippen molar-refractivity contribution >= 4 is 21.7 Å². The van der Waals surface area contributed by atoms with Crippen LogP contribution in [0.4, 0.5) is 5.82 Å². The van der Waals surface area contributed by atoms with Gasteiger partial charge in [0.25, 0.3) is 0 Å². The van der Waals surface area contributed by atoms with E-state index in [4.69, 9.17) is 4.74 Å². The summed E-state index contributed by atoms with van der Waals surface area (Å²) < 4.78 is 6.22. The summed E-state index contributed by atoms with van der Waals surface area (Å²) in [4.78, 5) is 8.11. The topological polar surface area (TPSA) is 47.0 Å². The molecule has 1 aromatic rings. The number of aromatic nitrogens is 2. The van der Waals surface area contributed by atoms with Crippen LogP contribution in [0, 0.1) is 5.92 Å². The molecule has 1 atom stereocenters. The van der Waals surface area contributed by atoms with E-state index in [0.717, 1.165) is 30.2 Å². The second kappa shape index (κ2) is 5.42. The Morgan fingerprint density at radius 3 is 3.20 bits per heavy atom. The van der Waals surface area contributed by atoms with Crippen LogP contribution in [0.25, 0.3) is 0 Å². The summed E-state index contributed by atoms with van der Waals surface area (Å²) in [6, 6.07) is 1.88. The molecule has 1 aliphatic heterocycles. The van der Waals surface area contributed by atoms with Gasteiger partial charge in [-0.05, 0) is 34.7 Å². The fourth-order valence-electron chi connectivity index (χ4n) is 1.65. The van der Waals surface area contributed by atoms with Crippen LogP contribution >= 0.6 is 15.9 Å². The lowest BCUT2D eigenvalue weighted by Gasteiger charge is -2.22. The molecule has 1 fully saturated rings. The predicted octanol–water partition coefficient (Wildman–Crippen LogP) is 2.08. The van der Waals surface area contributed by atoms with Crippen LogP contribution in [0.1, 0.15) is 12.8 Å². The van der Waals surface area contributed by atoms with Gasteiger partial charge in [0, 0.05) is 19.2 Å². The fourth-order valence-corrected chi connectivity index (χ4v) is 1.96. The molecule has 0 aromatic carbocycles. The van der Waals surface area contributed by atoms with Gasteiger partial charge < -0.3 is 10.1 Å². The van der Waals surface area contributed by atoms with Gasteiger partial charge in [-0.1, -0.05) is 0 Å². The number of hydrogen-bond donors (Lipinski definition) is 1. The lowest BCUT2D eigenvalue weighted by Crippen LogP contribution is -2.24. The van der Waals surface area contributed by atoms with Crippen LogP contribution < -0.4 is 5.32 Å². The normalized spacial score (nSPS) is 21.3. The van der Waals surface area contributed by atoms with Gasteiger partial charge in [0.1, 0.15) is 16.7 Å². The van der Waals surface area contributed by atoms with E-state index in [2.05, 4.69) is 31.2 Å². The number of nitrogens with one attached hydrogen (secondary N) is 1. The molecule has 1 N–H and O–H groups in total. The summed E-state index contributed by atoms with van der Waals surface area (Å²) in [7, 11) is 0. The number of halogens is 1. The second-order valence-corrected chi connectivity index (χ2v) is 4.50. The van der Waals surface area contributed by atoms with Crippen molar-refractivity contribution < 1.29 is 4.74 Å². The van der Waals surface area contributed by atoms with Crippen molar-refractivity contribution in [1.82, 2.24) is 9.97 Å². The Kier molecular flexibility index (Phi) is 3.91. The van der Waals surface area contributed by atoms with Crippen LogP contribution in [-0.2, 0) is 4.74 Å². The van der Waals surface area contributed by atoms with E-state index in [1.165, 1.54) is 12.8 Å². The summed E-state index contributed by atoms with van der Waals surface area (Å²) >= 11 is 3.31. The molecule has 1 unspecified atom stereocenters. The molecule has 1 aliphatic rings. The number of rotatable bonds is 3. The van der Waals surface area contributed by atoms with Crippen LogP contribution in [0.5, 0.6) is 0 Å². The molecule has 1 aromatic heterocycles. The van der Waals surface area contributed by atoms with Gasteiger partial charge in [0.2, 0.25) is 0 Å². The summed E-state index contributed by atoms with van der Waals surface area (Å²) in [5.41, 5.74) is 0. The molecule has 82 valence electrons. The maximum Gasteiger partial charge on any atom is 0.130 e. The molecule has 1 saturated heterocycles. The van der Waals surface area contributed by atoms with Crippen LogP contribution in [-0.4, -0.2) is 29.7 Å². The summed E-state index contributed by atoms with van der Waals surface area (Å²) in [6.45, 7) is 2.69.